The summed E-state index contributed by atoms with van der Waals surface area (Å²) < 4.78 is 0. The van der Waals surface area contributed by atoms with Gasteiger partial charge in [0.2, 0.25) is 5.91 Å². The second-order valence-electron chi connectivity index (χ2n) is 6.23. The highest BCUT2D eigenvalue weighted by atomic mass is 32.2. The van der Waals surface area contributed by atoms with Crippen LogP contribution >= 0.6 is 11.8 Å². The van der Waals surface area contributed by atoms with E-state index in [1.807, 2.05) is 30.5 Å². The molecule has 0 unspecified atom stereocenters. The third-order valence-electron chi connectivity index (χ3n) is 5.16. The first kappa shape index (κ1) is 15.4. The molecule has 0 aliphatic heterocycles. The number of amides is 1. The zero-order chi connectivity index (χ0) is 15.7. The average molecular weight is 318 g/mol. The number of hydrogen-bond donors (Lipinski definition) is 1. The van der Waals surface area contributed by atoms with E-state index in [1.165, 1.54) is 0 Å². The van der Waals surface area contributed by atoms with Crippen LogP contribution in [0.1, 0.15) is 25.7 Å². The summed E-state index contributed by atoms with van der Waals surface area (Å²) >= 11 is 1.56. The number of hydrogen-bond acceptors (Lipinski definition) is 4. The molecule has 1 aromatic carbocycles. The molecule has 0 aromatic heterocycles. The number of carboxylic acid groups (broad SMARTS) is 1. The number of fused-ring (bicyclic) bond motifs is 3. The van der Waals surface area contributed by atoms with Crippen molar-refractivity contribution in [3.63, 3.8) is 0 Å². The van der Waals surface area contributed by atoms with E-state index in [-0.39, 0.29) is 17.7 Å². The highest BCUT2D eigenvalue weighted by Gasteiger charge is 2.47. The van der Waals surface area contributed by atoms with Crippen LogP contribution in [0.2, 0.25) is 0 Å². The predicted octanol–water partition coefficient (Wildman–Crippen LogP) is 2.15. The van der Waals surface area contributed by atoms with Crippen molar-refractivity contribution in [1.29, 1.82) is 0 Å². The Bertz CT molecular complexity index is 581. The van der Waals surface area contributed by atoms with Crippen molar-refractivity contribution in [2.24, 2.45) is 23.7 Å². The van der Waals surface area contributed by atoms with Crippen LogP contribution in [0.5, 0.6) is 0 Å². The highest BCUT2D eigenvalue weighted by molar-refractivity contribution is 7.98. The molecule has 3 aliphatic carbocycles. The molecule has 4 rings (SSSR count). The Balaban J connectivity index is 1.82. The Morgan fingerprint density at radius 1 is 1.09 bits per heavy atom. The van der Waals surface area contributed by atoms with Crippen molar-refractivity contribution in [3.05, 3.63) is 24.3 Å². The molecule has 2 atom stereocenters. The van der Waals surface area contributed by atoms with E-state index < -0.39 is 17.8 Å². The first-order chi connectivity index (χ1) is 10.6. The van der Waals surface area contributed by atoms with E-state index in [0.717, 1.165) is 36.3 Å². The Morgan fingerprint density at radius 3 is 2.27 bits per heavy atom. The molecule has 22 heavy (non-hydrogen) atoms. The summed E-state index contributed by atoms with van der Waals surface area (Å²) in [6.07, 6.45) is 5.69. The molecule has 3 fully saturated rings. The fourth-order valence-electron chi connectivity index (χ4n) is 4.13. The largest absolute Gasteiger partial charge is 0.550 e. The third-order valence-corrected chi connectivity index (χ3v) is 5.95. The van der Waals surface area contributed by atoms with Crippen LogP contribution in [0.25, 0.3) is 0 Å². The Kier molecular flexibility index (Phi) is 4.43. The molecule has 3 aliphatic rings. The lowest BCUT2D eigenvalue weighted by Gasteiger charge is -2.48. The summed E-state index contributed by atoms with van der Waals surface area (Å²) in [6.45, 7) is 0. The van der Waals surface area contributed by atoms with Gasteiger partial charge in [0.05, 0.1) is 5.69 Å². The second kappa shape index (κ2) is 6.32. The maximum absolute atomic E-state index is 12.7. The Labute approximate surface area is 134 Å². The number of nitrogens with one attached hydrogen (secondary N) is 1. The lowest BCUT2D eigenvalue weighted by Crippen LogP contribution is -2.52. The van der Waals surface area contributed by atoms with Gasteiger partial charge in [-0.15, -0.1) is 11.8 Å². The number of carbonyl (C=O) groups excluding carboxylic acids is 2. The first-order valence-electron chi connectivity index (χ1n) is 7.76. The van der Waals surface area contributed by atoms with E-state index >= 15 is 0 Å². The maximum atomic E-state index is 12.7. The van der Waals surface area contributed by atoms with Gasteiger partial charge in [-0.25, -0.2) is 0 Å². The van der Waals surface area contributed by atoms with Crippen LogP contribution in [0, 0.1) is 23.7 Å². The van der Waals surface area contributed by atoms with E-state index in [0.29, 0.717) is 0 Å². The number of anilines is 1. The van der Waals surface area contributed by atoms with Gasteiger partial charge in [0.25, 0.3) is 0 Å². The van der Waals surface area contributed by atoms with Crippen molar-refractivity contribution in [2.75, 3.05) is 11.6 Å². The van der Waals surface area contributed by atoms with Crippen molar-refractivity contribution in [1.82, 2.24) is 0 Å². The molecule has 0 saturated heterocycles. The summed E-state index contributed by atoms with van der Waals surface area (Å²) in [5.41, 5.74) is 0.763. The molecule has 1 N–H and O–H groups in total. The second-order valence-corrected chi connectivity index (χ2v) is 7.08. The molecule has 0 heterocycles. The summed E-state index contributed by atoms with van der Waals surface area (Å²) in [7, 11) is 0. The van der Waals surface area contributed by atoms with E-state index in [9.17, 15) is 14.7 Å². The van der Waals surface area contributed by atoms with Crippen LogP contribution in [0.15, 0.2) is 29.2 Å². The van der Waals surface area contributed by atoms with Crippen molar-refractivity contribution in [2.45, 2.75) is 30.6 Å². The maximum Gasteiger partial charge on any atom is 0.228 e. The molecule has 4 nitrogen and oxygen atoms in total. The van der Waals surface area contributed by atoms with E-state index in [2.05, 4.69) is 5.32 Å². The Hall–Kier alpha value is -1.49. The smallest absolute Gasteiger partial charge is 0.228 e. The van der Waals surface area contributed by atoms with Crippen molar-refractivity contribution >= 4 is 29.3 Å². The minimum Gasteiger partial charge on any atom is -0.550 e. The van der Waals surface area contributed by atoms with E-state index in [4.69, 9.17) is 0 Å². The molecule has 0 spiro atoms. The fraction of sp³-hybridized carbons (Fsp3) is 0.529. The summed E-state index contributed by atoms with van der Waals surface area (Å²) in [4.78, 5) is 25.3. The molecule has 5 heteroatoms. The van der Waals surface area contributed by atoms with Gasteiger partial charge in [-0.1, -0.05) is 12.1 Å². The minimum absolute atomic E-state index is 0.0987. The number of aliphatic carboxylic acids is 1. The average Bonchev–Trinajstić information content (AvgIpc) is 2.55. The van der Waals surface area contributed by atoms with Gasteiger partial charge < -0.3 is 15.2 Å². The fourth-order valence-corrected chi connectivity index (χ4v) is 4.68. The van der Waals surface area contributed by atoms with E-state index in [1.54, 1.807) is 11.8 Å². The van der Waals surface area contributed by atoms with Crippen molar-refractivity contribution < 1.29 is 14.7 Å². The van der Waals surface area contributed by atoms with Crippen molar-refractivity contribution in [3.8, 4) is 0 Å². The molecule has 1 aromatic rings. The lowest BCUT2D eigenvalue weighted by atomic mass is 9.58. The molecule has 1 amide bonds. The standard InChI is InChI=1S/C17H21NO3S/c1-22-13-5-3-2-4-12(13)18-16(19)14-10-6-8-11(9-7-10)15(14)17(20)21/h2-5,10-11,14-15H,6-9H2,1H3,(H,18,19)(H,20,21)/p-1/t10?,11?,14-,15+/m0/s1. The van der Waals surface area contributed by atoms with Gasteiger partial charge in [0.1, 0.15) is 0 Å². The molecule has 0 radical (unpaired) electrons. The monoisotopic (exact) mass is 318 g/mol. The SMILES string of the molecule is CSc1ccccc1NC(=O)[C@H]1C2CCC(CC2)[C@H]1C(=O)[O-]. The molecule has 118 valence electrons. The first-order valence-corrected chi connectivity index (χ1v) is 8.99. The van der Waals surface area contributed by atoms with Gasteiger partial charge in [0.15, 0.2) is 0 Å². The summed E-state index contributed by atoms with van der Waals surface area (Å²) in [5.74, 6) is -2.03. The highest BCUT2D eigenvalue weighted by Crippen LogP contribution is 2.49. The van der Waals surface area contributed by atoms with Crippen LogP contribution < -0.4 is 10.4 Å². The van der Waals surface area contributed by atoms with Gasteiger partial charge >= 0.3 is 0 Å². The van der Waals surface area contributed by atoms with Crippen LogP contribution in [-0.4, -0.2) is 18.1 Å². The van der Waals surface area contributed by atoms with Crippen LogP contribution in [-0.2, 0) is 9.59 Å². The number of benzene rings is 1. The number of carbonyl (C=O) groups is 2. The quantitative estimate of drug-likeness (QED) is 0.864. The normalized spacial score (nSPS) is 30.0. The summed E-state index contributed by atoms with van der Waals surface area (Å²) in [6, 6.07) is 7.61. The third kappa shape index (κ3) is 2.74. The molecular weight excluding hydrogens is 298 g/mol. The van der Waals surface area contributed by atoms with Crippen LogP contribution in [0.3, 0.4) is 0 Å². The number of rotatable bonds is 4. The van der Waals surface area contributed by atoms with Gasteiger partial charge in [-0.3, -0.25) is 4.79 Å². The predicted molar refractivity (Wildman–Crippen MR) is 84.3 cm³/mol. The van der Waals surface area contributed by atoms with Crippen LogP contribution in [0.4, 0.5) is 5.69 Å². The molecule has 3 saturated carbocycles. The number of carboxylic acids is 1. The lowest BCUT2D eigenvalue weighted by molar-refractivity contribution is -0.318. The van der Waals surface area contributed by atoms with Gasteiger partial charge in [-0.2, -0.15) is 0 Å². The number of para-hydroxylation sites is 1. The topological polar surface area (TPSA) is 69.2 Å². The van der Waals surface area contributed by atoms with Gasteiger partial charge in [0, 0.05) is 22.7 Å². The Morgan fingerprint density at radius 2 is 1.68 bits per heavy atom. The zero-order valence-corrected chi connectivity index (χ0v) is 13.4. The van der Waals surface area contributed by atoms with Gasteiger partial charge in [-0.05, 0) is 55.9 Å². The summed E-state index contributed by atoms with van der Waals surface area (Å²) in [5, 5.41) is 14.5. The molecular formula is C17H20NO3S-. The molecule has 2 bridgehead atoms. The zero-order valence-electron chi connectivity index (χ0n) is 12.6. The number of thioether (sulfide) groups is 1. The minimum atomic E-state index is -1.06.